The summed E-state index contributed by atoms with van der Waals surface area (Å²) in [5, 5.41) is 24.2. The Morgan fingerprint density at radius 2 is 1.58 bits per heavy atom. The predicted molar refractivity (Wildman–Crippen MR) is 146 cm³/mol. The van der Waals surface area contributed by atoms with E-state index < -0.39 is 22.7 Å². The molecule has 2 heterocycles. The van der Waals surface area contributed by atoms with E-state index in [1.165, 1.54) is 29.2 Å². The van der Waals surface area contributed by atoms with Gasteiger partial charge in [0.15, 0.2) is 0 Å². The number of nitro groups is 1. The number of Topliss-reactive ketones (excluding diaryl/α,β-unsaturated/α-hetero) is 1. The van der Waals surface area contributed by atoms with Crippen molar-refractivity contribution in [1.29, 1.82) is 0 Å². The highest BCUT2D eigenvalue weighted by Crippen LogP contribution is 2.43. The zero-order chi connectivity index (χ0) is 26.6. The first-order valence-electron chi connectivity index (χ1n) is 11.6. The van der Waals surface area contributed by atoms with E-state index in [-0.39, 0.29) is 17.0 Å². The van der Waals surface area contributed by atoms with E-state index in [1.807, 2.05) is 30.3 Å². The van der Waals surface area contributed by atoms with Crippen LogP contribution >= 0.6 is 15.9 Å². The Morgan fingerprint density at radius 1 is 0.895 bits per heavy atom. The van der Waals surface area contributed by atoms with Crippen LogP contribution in [0.2, 0.25) is 0 Å². The lowest BCUT2D eigenvalue weighted by atomic mass is 9.95. The monoisotopic (exact) mass is 568 g/mol. The van der Waals surface area contributed by atoms with Gasteiger partial charge in [-0.2, -0.15) is 0 Å². The molecule has 0 bridgehead atoms. The van der Waals surface area contributed by atoms with Gasteiger partial charge in [-0.3, -0.25) is 24.6 Å². The van der Waals surface area contributed by atoms with Gasteiger partial charge in [0.2, 0.25) is 0 Å². The van der Waals surface area contributed by atoms with E-state index in [0.717, 1.165) is 15.2 Å². The molecule has 1 aliphatic rings. The zero-order valence-corrected chi connectivity index (χ0v) is 21.1. The van der Waals surface area contributed by atoms with Crippen LogP contribution in [0.4, 0.5) is 11.4 Å². The first-order chi connectivity index (χ1) is 18.3. The fourth-order valence-corrected chi connectivity index (χ4v) is 5.08. The molecule has 38 heavy (non-hydrogen) atoms. The number of non-ortho nitro benzene ring substituents is 1. The number of hydrogen-bond acceptors (Lipinski definition) is 6. The minimum absolute atomic E-state index is 0.115. The van der Waals surface area contributed by atoms with Crippen molar-refractivity contribution in [2.45, 2.75) is 6.04 Å². The molecule has 1 aliphatic heterocycles. The van der Waals surface area contributed by atoms with Crippen molar-refractivity contribution < 1.29 is 24.0 Å². The van der Waals surface area contributed by atoms with Crippen LogP contribution in [-0.2, 0) is 9.59 Å². The lowest BCUT2D eigenvalue weighted by molar-refractivity contribution is -0.384. The Labute approximate surface area is 223 Å². The van der Waals surface area contributed by atoms with Gasteiger partial charge < -0.3 is 9.52 Å². The van der Waals surface area contributed by atoms with Crippen LogP contribution in [0, 0.1) is 10.1 Å². The Kier molecular flexibility index (Phi) is 5.57. The van der Waals surface area contributed by atoms with Crippen LogP contribution in [0.1, 0.15) is 17.2 Å². The number of benzene rings is 4. The molecule has 4 aromatic carbocycles. The van der Waals surface area contributed by atoms with Crippen LogP contribution in [0.5, 0.6) is 0 Å². The summed E-state index contributed by atoms with van der Waals surface area (Å²) in [6.07, 6.45) is 0. The Hall–Kier alpha value is -4.76. The molecule has 0 saturated carbocycles. The van der Waals surface area contributed by atoms with Gasteiger partial charge in [-0.05, 0) is 48.0 Å². The van der Waals surface area contributed by atoms with Gasteiger partial charge in [0.1, 0.15) is 16.9 Å². The van der Waals surface area contributed by atoms with Gasteiger partial charge in [0.25, 0.3) is 17.4 Å². The number of nitro benzene ring substituents is 1. The number of ketones is 1. The minimum atomic E-state index is -1.03. The second-order valence-electron chi connectivity index (χ2n) is 8.80. The first kappa shape index (κ1) is 23.6. The summed E-state index contributed by atoms with van der Waals surface area (Å²) in [7, 11) is 0. The molecular weight excluding hydrogens is 552 g/mol. The number of carbonyl (C=O) groups is 2. The van der Waals surface area contributed by atoms with Crippen molar-refractivity contribution in [2.24, 2.45) is 0 Å². The second kappa shape index (κ2) is 8.97. The number of aliphatic hydroxyl groups excluding tert-OH is 1. The summed E-state index contributed by atoms with van der Waals surface area (Å²) in [6.45, 7) is 0. The molecule has 5 aromatic rings. The Morgan fingerprint density at radius 3 is 2.29 bits per heavy atom. The number of hydrogen-bond donors (Lipinski definition) is 1. The first-order valence-corrected chi connectivity index (χ1v) is 12.4. The van der Waals surface area contributed by atoms with Crippen molar-refractivity contribution in [3.63, 3.8) is 0 Å². The van der Waals surface area contributed by atoms with E-state index in [0.29, 0.717) is 28.0 Å². The highest BCUT2D eigenvalue weighted by Gasteiger charge is 2.47. The lowest BCUT2D eigenvalue weighted by Gasteiger charge is -2.25. The van der Waals surface area contributed by atoms with Crippen LogP contribution in [0.25, 0.3) is 27.7 Å². The molecule has 1 fully saturated rings. The van der Waals surface area contributed by atoms with Crippen LogP contribution in [0.15, 0.2) is 105 Å². The van der Waals surface area contributed by atoms with Crippen molar-refractivity contribution in [3.8, 4) is 0 Å². The number of furan rings is 1. The smallest absolute Gasteiger partial charge is 0.300 e. The van der Waals surface area contributed by atoms with E-state index in [2.05, 4.69) is 15.9 Å². The third-order valence-corrected chi connectivity index (χ3v) is 7.15. The number of carbonyl (C=O) groups excluding carboxylic acids is 2. The number of nitrogens with zero attached hydrogens (tertiary/aromatic N) is 2. The standard InChI is InChI=1S/C29H17BrN2O6/c30-18-9-5-17(6-10-18)27(33)25-26(16-7-11-19(12-8-16)32(36)37)31(29(35)28(25)34)20-13-14-22-21-3-1-2-4-23(21)38-24(22)15-20/h1-15,26,33H/b27-25-. The maximum atomic E-state index is 13.5. The number of rotatable bonds is 4. The number of amides is 1. The van der Waals surface area contributed by atoms with Gasteiger partial charge in [-0.1, -0.05) is 46.3 Å². The zero-order valence-electron chi connectivity index (χ0n) is 19.5. The van der Waals surface area contributed by atoms with Crippen molar-refractivity contribution in [1.82, 2.24) is 0 Å². The highest BCUT2D eigenvalue weighted by atomic mass is 79.9. The molecule has 9 heteroatoms. The number of para-hydroxylation sites is 1. The maximum absolute atomic E-state index is 13.5. The van der Waals surface area contributed by atoms with Crippen LogP contribution in [-0.4, -0.2) is 21.7 Å². The average Bonchev–Trinajstić information content (AvgIpc) is 3.42. The van der Waals surface area contributed by atoms with Gasteiger partial charge in [0.05, 0.1) is 16.5 Å². The quantitative estimate of drug-likeness (QED) is 0.0830. The fraction of sp³-hybridized carbons (Fsp3) is 0.0345. The van der Waals surface area contributed by atoms with E-state index in [1.54, 1.807) is 36.4 Å². The molecule has 0 spiro atoms. The van der Waals surface area contributed by atoms with Crippen molar-refractivity contribution in [2.75, 3.05) is 4.90 Å². The molecule has 1 saturated heterocycles. The Bertz CT molecular complexity index is 1810. The molecule has 1 amide bonds. The average molecular weight is 569 g/mol. The predicted octanol–water partition coefficient (Wildman–Crippen LogP) is 6.88. The highest BCUT2D eigenvalue weighted by molar-refractivity contribution is 9.10. The maximum Gasteiger partial charge on any atom is 0.300 e. The molecule has 1 atom stereocenters. The number of fused-ring (bicyclic) bond motifs is 3. The number of halogens is 1. The fourth-order valence-electron chi connectivity index (χ4n) is 4.82. The van der Waals surface area contributed by atoms with Crippen molar-refractivity contribution >= 4 is 66.7 Å². The molecule has 1 aromatic heterocycles. The van der Waals surface area contributed by atoms with Gasteiger partial charge in [-0.25, -0.2) is 0 Å². The van der Waals surface area contributed by atoms with E-state index in [4.69, 9.17) is 4.42 Å². The SMILES string of the molecule is O=C1C(=O)N(c2ccc3c(c2)oc2ccccc23)C(c2ccc([N+](=O)[O-])cc2)/C1=C(/O)c1ccc(Br)cc1. The minimum Gasteiger partial charge on any atom is -0.507 e. The number of anilines is 1. The summed E-state index contributed by atoms with van der Waals surface area (Å²) in [5.74, 6) is -2.03. The molecular formula is C29H17BrN2O6. The van der Waals surface area contributed by atoms with Gasteiger partial charge in [0, 0.05) is 44.7 Å². The molecule has 8 nitrogen and oxygen atoms in total. The second-order valence-corrected chi connectivity index (χ2v) is 9.72. The molecule has 0 radical (unpaired) electrons. The number of aliphatic hydroxyl groups is 1. The lowest BCUT2D eigenvalue weighted by Crippen LogP contribution is -2.29. The Balaban J connectivity index is 1.55. The third-order valence-electron chi connectivity index (χ3n) is 6.62. The summed E-state index contributed by atoms with van der Waals surface area (Å²) >= 11 is 3.35. The van der Waals surface area contributed by atoms with Gasteiger partial charge >= 0.3 is 0 Å². The largest absolute Gasteiger partial charge is 0.507 e. The summed E-state index contributed by atoms with van der Waals surface area (Å²) in [5.41, 5.74) is 2.13. The molecule has 6 rings (SSSR count). The molecule has 1 N–H and O–H groups in total. The third kappa shape index (κ3) is 3.75. The van der Waals surface area contributed by atoms with Crippen LogP contribution < -0.4 is 4.90 Å². The molecule has 1 unspecified atom stereocenters. The van der Waals surface area contributed by atoms with E-state index in [9.17, 15) is 24.8 Å². The molecule has 186 valence electrons. The van der Waals surface area contributed by atoms with Crippen LogP contribution in [0.3, 0.4) is 0 Å². The van der Waals surface area contributed by atoms with Gasteiger partial charge in [-0.15, -0.1) is 0 Å². The topological polar surface area (TPSA) is 114 Å². The summed E-state index contributed by atoms with van der Waals surface area (Å²) in [6, 6.07) is 24.0. The van der Waals surface area contributed by atoms with E-state index >= 15 is 0 Å². The summed E-state index contributed by atoms with van der Waals surface area (Å²) < 4.78 is 6.77. The normalized spacial score (nSPS) is 17.0. The molecule has 0 aliphatic carbocycles. The summed E-state index contributed by atoms with van der Waals surface area (Å²) in [4.78, 5) is 38.8. The van der Waals surface area contributed by atoms with Crippen molar-refractivity contribution in [3.05, 3.63) is 122 Å².